The van der Waals surface area contributed by atoms with Gasteiger partial charge in [-0.1, -0.05) is 6.08 Å². The zero-order valence-electron chi connectivity index (χ0n) is 8.73. The van der Waals surface area contributed by atoms with E-state index in [0.29, 0.717) is 13.2 Å². The summed E-state index contributed by atoms with van der Waals surface area (Å²) >= 11 is 0. The third-order valence-corrected chi connectivity index (χ3v) is 1.71. The van der Waals surface area contributed by atoms with Gasteiger partial charge in [0.15, 0.2) is 0 Å². The van der Waals surface area contributed by atoms with Gasteiger partial charge in [-0.15, -0.1) is 0 Å². The Kier molecular flexibility index (Phi) is 5.25. The first-order chi connectivity index (χ1) is 7.33. The summed E-state index contributed by atoms with van der Waals surface area (Å²) in [5, 5.41) is 3.13. The van der Waals surface area contributed by atoms with Gasteiger partial charge in [-0.05, 0) is 13.0 Å². The molecule has 0 fully saturated rings. The third kappa shape index (κ3) is 5.02. The smallest absolute Gasteiger partial charge is 0.330 e. The number of nitrogens with one attached hydrogen (secondary N) is 1. The van der Waals surface area contributed by atoms with Crippen molar-refractivity contribution in [1.82, 2.24) is 5.32 Å². The third-order valence-electron chi connectivity index (χ3n) is 1.71. The molecule has 1 aromatic rings. The molecule has 0 radical (unpaired) electrons. The van der Waals surface area contributed by atoms with E-state index in [2.05, 4.69) is 5.32 Å². The Balaban J connectivity index is 2.08. The topological polar surface area (TPSA) is 51.5 Å². The van der Waals surface area contributed by atoms with Gasteiger partial charge >= 0.3 is 5.97 Å². The fourth-order valence-corrected chi connectivity index (χ4v) is 1.04. The maximum Gasteiger partial charge on any atom is 0.330 e. The van der Waals surface area contributed by atoms with Crippen LogP contribution in [-0.4, -0.2) is 19.1 Å². The molecule has 1 N–H and O–H groups in total. The Bertz CT molecular complexity index is 304. The van der Waals surface area contributed by atoms with Gasteiger partial charge in [0.25, 0.3) is 0 Å². The molecule has 4 heteroatoms. The van der Waals surface area contributed by atoms with E-state index in [1.54, 1.807) is 25.5 Å². The molecule has 0 aliphatic rings. The second kappa shape index (κ2) is 6.84. The van der Waals surface area contributed by atoms with Crippen molar-refractivity contribution < 1.29 is 13.9 Å². The van der Waals surface area contributed by atoms with Crippen molar-refractivity contribution in [1.29, 1.82) is 0 Å². The molecular weight excluding hydrogens is 194 g/mol. The second-order valence-corrected chi connectivity index (χ2v) is 2.92. The van der Waals surface area contributed by atoms with Gasteiger partial charge in [0.1, 0.15) is 0 Å². The van der Waals surface area contributed by atoms with Gasteiger partial charge in [0, 0.05) is 24.7 Å². The Hall–Kier alpha value is -1.55. The van der Waals surface area contributed by atoms with Gasteiger partial charge in [0.05, 0.1) is 19.1 Å². The van der Waals surface area contributed by atoms with Crippen LogP contribution in [0.25, 0.3) is 0 Å². The number of hydrogen-bond acceptors (Lipinski definition) is 4. The van der Waals surface area contributed by atoms with Crippen LogP contribution in [0.4, 0.5) is 0 Å². The minimum Gasteiger partial charge on any atom is -0.472 e. The highest BCUT2D eigenvalue weighted by atomic mass is 16.5. The van der Waals surface area contributed by atoms with Crippen molar-refractivity contribution in [2.45, 2.75) is 13.5 Å². The van der Waals surface area contributed by atoms with Crippen LogP contribution in [0.15, 0.2) is 35.2 Å². The Labute approximate surface area is 88.9 Å². The quantitative estimate of drug-likeness (QED) is 0.438. The lowest BCUT2D eigenvalue weighted by Gasteiger charge is -1.97. The highest BCUT2D eigenvalue weighted by Gasteiger charge is 1.93. The van der Waals surface area contributed by atoms with Crippen LogP contribution >= 0.6 is 0 Å². The molecule has 15 heavy (non-hydrogen) atoms. The number of esters is 1. The monoisotopic (exact) mass is 209 g/mol. The first kappa shape index (κ1) is 11.5. The number of carbonyl (C=O) groups is 1. The molecule has 82 valence electrons. The molecule has 0 saturated heterocycles. The van der Waals surface area contributed by atoms with E-state index in [0.717, 1.165) is 12.1 Å². The summed E-state index contributed by atoms with van der Waals surface area (Å²) < 4.78 is 9.64. The van der Waals surface area contributed by atoms with Crippen LogP contribution in [0.2, 0.25) is 0 Å². The molecule has 0 atom stereocenters. The lowest BCUT2D eigenvalue weighted by Crippen LogP contribution is -2.12. The zero-order valence-corrected chi connectivity index (χ0v) is 8.73. The Morgan fingerprint density at radius 3 is 3.20 bits per heavy atom. The van der Waals surface area contributed by atoms with E-state index in [1.165, 1.54) is 6.08 Å². The van der Waals surface area contributed by atoms with E-state index < -0.39 is 0 Å². The summed E-state index contributed by atoms with van der Waals surface area (Å²) in [6.07, 6.45) is 6.47. The normalized spacial score (nSPS) is 10.7. The predicted molar refractivity (Wildman–Crippen MR) is 56.2 cm³/mol. The molecule has 0 aliphatic carbocycles. The Morgan fingerprint density at radius 1 is 1.67 bits per heavy atom. The van der Waals surface area contributed by atoms with Crippen molar-refractivity contribution in [3.05, 3.63) is 36.3 Å². The summed E-state index contributed by atoms with van der Waals surface area (Å²) in [5.41, 5.74) is 1.08. The van der Waals surface area contributed by atoms with Crippen LogP contribution < -0.4 is 5.32 Å². The fourth-order valence-electron chi connectivity index (χ4n) is 1.04. The molecule has 0 spiro atoms. The van der Waals surface area contributed by atoms with Crippen molar-refractivity contribution >= 4 is 5.97 Å². The first-order valence-electron chi connectivity index (χ1n) is 4.88. The highest BCUT2D eigenvalue weighted by molar-refractivity contribution is 5.81. The summed E-state index contributed by atoms with van der Waals surface area (Å²) in [7, 11) is 0. The average Bonchev–Trinajstić information content (AvgIpc) is 2.70. The number of rotatable bonds is 6. The van der Waals surface area contributed by atoms with Gasteiger partial charge in [-0.3, -0.25) is 0 Å². The summed E-state index contributed by atoms with van der Waals surface area (Å²) in [5.74, 6) is -0.303. The number of carbonyl (C=O) groups excluding carboxylic acids is 1. The van der Waals surface area contributed by atoms with Crippen LogP contribution in [-0.2, 0) is 16.1 Å². The van der Waals surface area contributed by atoms with Gasteiger partial charge in [-0.2, -0.15) is 0 Å². The van der Waals surface area contributed by atoms with Crippen LogP contribution in [0, 0.1) is 0 Å². The minimum absolute atomic E-state index is 0.303. The summed E-state index contributed by atoms with van der Waals surface area (Å²) in [4.78, 5) is 10.9. The fraction of sp³-hybridized carbons (Fsp3) is 0.364. The minimum atomic E-state index is -0.303. The van der Waals surface area contributed by atoms with E-state index in [9.17, 15) is 4.79 Å². The molecule has 0 unspecified atom stereocenters. The second-order valence-electron chi connectivity index (χ2n) is 2.92. The molecule has 0 bridgehead atoms. The van der Waals surface area contributed by atoms with Gasteiger partial charge in [-0.25, -0.2) is 4.79 Å². The van der Waals surface area contributed by atoms with Crippen molar-refractivity contribution in [3.8, 4) is 0 Å². The largest absolute Gasteiger partial charge is 0.472 e. The predicted octanol–water partition coefficient (Wildman–Crippen LogP) is 1.49. The molecule has 0 saturated carbocycles. The molecule has 4 nitrogen and oxygen atoms in total. The number of ether oxygens (including phenoxy) is 1. The van der Waals surface area contributed by atoms with Crippen LogP contribution in [0.5, 0.6) is 0 Å². The van der Waals surface area contributed by atoms with E-state index in [1.807, 2.05) is 6.07 Å². The molecular formula is C11H15NO3. The van der Waals surface area contributed by atoms with Crippen molar-refractivity contribution in [2.75, 3.05) is 13.2 Å². The average molecular weight is 209 g/mol. The molecule has 0 amide bonds. The van der Waals surface area contributed by atoms with E-state index in [-0.39, 0.29) is 5.97 Å². The van der Waals surface area contributed by atoms with Crippen molar-refractivity contribution in [2.24, 2.45) is 0 Å². The number of hydrogen-bond donors (Lipinski definition) is 1. The zero-order chi connectivity index (χ0) is 10.9. The maximum atomic E-state index is 10.9. The SMILES string of the molecule is CCOC(=O)/C=C/CNCc1ccoc1. The molecule has 1 heterocycles. The highest BCUT2D eigenvalue weighted by Crippen LogP contribution is 1.97. The lowest BCUT2D eigenvalue weighted by atomic mass is 10.3. The molecule has 1 rings (SSSR count). The van der Waals surface area contributed by atoms with E-state index in [4.69, 9.17) is 9.15 Å². The van der Waals surface area contributed by atoms with E-state index >= 15 is 0 Å². The van der Waals surface area contributed by atoms with Crippen molar-refractivity contribution in [3.63, 3.8) is 0 Å². The number of furan rings is 1. The summed E-state index contributed by atoms with van der Waals surface area (Å²) in [6.45, 7) is 3.54. The lowest BCUT2D eigenvalue weighted by molar-refractivity contribution is -0.137. The van der Waals surface area contributed by atoms with Crippen LogP contribution in [0.1, 0.15) is 12.5 Å². The molecule has 0 aliphatic heterocycles. The Morgan fingerprint density at radius 2 is 2.53 bits per heavy atom. The van der Waals surface area contributed by atoms with Gasteiger partial charge in [0.2, 0.25) is 0 Å². The standard InChI is InChI=1S/C11H15NO3/c1-2-15-11(13)4-3-6-12-8-10-5-7-14-9-10/h3-5,7,9,12H,2,6,8H2,1H3/b4-3+. The molecule has 0 aromatic carbocycles. The molecule has 1 aromatic heterocycles. The maximum absolute atomic E-state index is 10.9. The summed E-state index contributed by atoms with van der Waals surface area (Å²) in [6, 6.07) is 1.89. The van der Waals surface area contributed by atoms with Crippen LogP contribution in [0.3, 0.4) is 0 Å². The first-order valence-corrected chi connectivity index (χ1v) is 4.88. The van der Waals surface area contributed by atoms with Gasteiger partial charge < -0.3 is 14.5 Å².